The second-order valence-corrected chi connectivity index (χ2v) is 5.22. The van der Waals surface area contributed by atoms with Gasteiger partial charge in [-0.05, 0) is 18.2 Å². The SMILES string of the molecule is OCc1sc(Oc2ccc3cccnc3c2)nc1Cl. The van der Waals surface area contributed by atoms with Gasteiger partial charge in [0.05, 0.1) is 17.0 Å². The van der Waals surface area contributed by atoms with Crippen molar-refractivity contribution in [3.05, 3.63) is 46.6 Å². The maximum Gasteiger partial charge on any atom is 0.280 e. The number of pyridine rings is 1. The number of rotatable bonds is 3. The second kappa shape index (κ2) is 5.13. The molecule has 0 saturated carbocycles. The van der Waals surface area contributed by atoms with E-state index in [2.05, 4.69) is 9.97 Å². The van der Waals surface area contributed by atoms with E-state index in [0.29, 0.717) is 15.8 Å². The highest BCUT2D eigenvalue weighted by atomic mass is 35.5. The van der Waals surface area contributed by atoms with Crippen LogP contribution >= 0.6 is 22.9 Å². The Morgan fingerprint density at radius 2 is 2.21 bits per heavy atom. The third-order valence-electron chi connectivity index (χ3n) is 2.56. The van der Waals surface area contributed by atoms with E-state index in [0.717, 1.165) is 10.9 Å². The minimum absolute atomic E-state index is 0.140. The summed E-state index contributed by atoms with van der Waals surface area (Å²) in [5.41, 5.74) is 0.852. The standard InChI is InChI=1S/C13H9ClN2O2S/c14-12-11(7-17)19-13(16-12)18-9-4-3-8-2-1-5-15-10(8)6-9/h1-6,17H,7H2. The lowest BCUT2D eigenvalue weighted by Crippen LogP contribution is -1.84. The number of halogens is 1. The Balaban J connectivity index is 1.91. The number of hydrogen-bond donors (Lipinski definition) is 1. The molecule has 0 amide bonds. The van der Waals surface area contributed by atoms with E-state index in [4.69, 9.17) is 21.4 Å². The van der Waals surface area contributed by atoms with Gasteiger partial charge in [-0.25, -0.2) is 0 Å². The summed E-state index contributed by atoms with van der Waals surface area (Å²) in [6.45, 7) is -0.140. The molecule has 1 aromatic carbocycles. The first-order valence-corrected chi connectivity index (χ1v) is 6.74. The maximum atomic E-state index is 9.06. The number of aromatic nitrogens is 2. The lowest BCUT2D eigenvalue weighted by Gasteiger charge is -2.02. The second-order valence-electron chi connectivity index (χ2n) is 3.81. The number of hydrogen-bond acceptors (Lipinski definition) is 5. The van der Waals surface area contributed by atoms with E-state index in [-0.39, 0.29) is 11.8 Å². The first-order chi connectivity index (χ1) is 9.26. The van der Waals surface area contributed by atoms with Gasteiger partial charge in [0, 0.05) is 17.6 Å². The van der Waals surface area contributed by atoms with E-state index in [1.54, 1.807) is 6.20 Å². The molecule has 0 radical (unpaired) electrons. The van der Waals surface area contributed by atoms with Crippen LogP contribution in [0.4, 0.5) is 0 Å². The van der Waals surface area contributed by atoms with Crippen molar-refractivity contribution in [3.63, 3.8) is 0 Å². The summed E-state index contributed by atoms with van der Waals surface area (Å²) in [5, 5.41) is 10.8. The maximum absolute atomic E-state index is 9.06. The third-order valence-corrected chi connectivity index (χ3v) is 3.90. The molecule has 2 aromatic heterocycles. The highest BCUT2D eigenvalue weighted by Crippen LogP contribution is 2.32. The molecule has 6 heteroatoms. The van der Waals surface area contributed by atoms with Gasteiger partial charge in [0.2, 0.25) is 0 Å². The van der Waals surface area contributed by atoms with Crippen LogP contribution in [0, 0.1) is 0 Å². The number of ether oxygens (including phenoxy) is 1. The highest BCUT2D eigenvalue weighted by molar-refractivity contribution is 7.13. The van der Waals surface area contributed by atoms with Crippen molar-refractivity contribution in [1.82, 2.24) is 9.97 Å². The Labute approximate surface area is 118 Å². The first kappa shape index (κ1) is 12.3. The fourth-order valence-electron chi connectivity index (χ4n) is 1.66. The largest absolute Gasteiger partial charge is 0.431 e. The van der Waals surface area contributed by atoms with Gasteiger partial charge < -0.3 is 9.84 Å². The van der Waals surface area contributed by atoms with E-state index in [9.17, 15) is 0 Å². The monoisotopic (exact) mass is 292 g/mol. The molecule has 0 atom stereocenters. The molecule has 19 heavy (non-hydrogen) atoms. The molecular weight excluding hydrogens is 284 g/mol. The molecule has 1 N–H and O–H groups in total. The van der Waals surface area contributed by atoms with Crippen LogP contribution in [0.5, 0.6) is 10.9 Å². The number of thiazole rings is 1. The van der Waals surface area contributed by atoms with Crippen molar-refractivity contribution >= 4 is 33.8 Å². The summed E-state index contributed by atoms with van der Waals surface area (Å²) in [5.74, 6) is 0.640. The molecular formula is C13H9ClN2O2S. The Morgan fingerprint density at radius 1 is 1.32 bits per heavy atom. The zero-order chi connectivity index (χ0) is 13.2. The third kappa shape index (κ3) is 2.53. The van der Waals surface area contributed by atoms with Gasteiger partial charge in [0.15, 0.2) is 0 Å². The van der Waals surface area contributed by atoms with E-state index in [1.807, 2.05) is 30.3 Å². The topological polar surface area (TPSA) is 55.2 Å². The van der Waals surface area contributed by atoms with Crippen molar-refractivity contribution in [2.24, 2.45) is 0 Å². The molecule has 0 aliphatic heterocycles. The molecule has 2 heterocycles. The molecule has 0 bridgehead atoms. The van der Waals surface area contributed by atoms with E-state index >= 15 is 0 Å². The smallest absolute Gasteiger partial charge is 0.280 e. The molecule has 0 fully saturated rings. The van der Waals surface area contributed by atoms with E-state index < -0.39 is 0 Å². The zero-order valence-electron chi connectivity index (χ0n) is 9.71. The minimum Gasteiger partial charge on any atom is -0.431 e. The van der Waals surface area contributed by atoms with Crippen LogP contribution in [0.2, 0.25) is 5.15 Å². The number of nitrogens with zero attached hydrogens (tertiary/aromatic N) is 2. The Bertz CT molecular complexity index is 729. The molecule has 0 saturated heterocycles. The van der Waals surface area contributed by atoms with Gasteiger partial charge in [-0.2, -0.15) is 4.98 Å². The van der Waals surface area contributed by atoms with Gasteiger partial charge in [-0.3, -0.25) is 4.98 Å². The summed E-state index contributed by atoms with van der Waals surface area (Å²) in [6.07, 6.45) is 1.73. The van der Waals surface area contributed by atoms with Crippen LogP contribution < -0.4 is 4.74 Å². The number of benzene rings is 1. The highest BCUT2D eigenvalue weighted by Gasteiger charge is 2.10. The average molecular weight is 293 g/mol. The Morgan fingerprint density at radius 3 is 3.00 bits per heavy atom. The fraction of sp³-hybridized carbons (Fsp3) is 0.0769. The molecule has 0 aliphatic carbocycles. The van der Waals surface area contributed by atoms with Crippen molar-refractivity contribution in [3.8, 4) is 10.9 Å². The summed E-state index contributed by atoms with van der Waals surface area (Å²) < 4.78 is 5.62. The molecule has 0 aliphatic rings. The van der Waals surface area contributed by atoms with Crippen LogP contribution in [-0.4, -0.2) is 15.1 Å². The molecule has 0 unspecified atom stereocenters. The van der Waals surface area contributed by atoms with Crippen LogP contribution in [0.25, 0.3) is 10.9 Å². The average Bonchev–Trinajstić information content (AvgIpc) is 2.78. The van der Waals surface area contributed by atoms with Gasteiger partial charge in [0.1, 0.15) is 10.9 Å². The predicted molar refractivity (Wildman–Crippen MR) is 74.9 cm³/mol. The summed E-state index contributed by atoms with van der Waals surface area (Å²) in [6, 6.07) is 9.48. The van der Waals surface area contributed by atoms with Crippen LogP contribution in [-0.2, 0) is 6.61 Å². The predicted octanol–water partition coefficient (Wildman–Crippen LogP) is 3.63. The molecule has 3 aromatic rings. The number of aliphatic hydroxyl groups is 1. The lowest BCUT2D eigenvalue weighted by atomic mass is 10.2. The summed E-state index contributed by atoms with van der Waals surface area (Å²) in [4.78, 5) is 8.89. The number of aliphatic hydroxyl groups excluding tert-OH is 1. The van der Waals surface area contributed by atoms with Gasteiger partial charge in [-0.1, -0.05) is 29.0 Å². The first-order valence-electron chi connectivity index (χ1n) is 5.55. The van der Waals surface area contributed by atoms with Crippen LogP contribution in [0.15, 0.2) is 36.5 Å². The van der Waals surface area contributed by atoms with Gasteiger partial charge in [-0.15, -0.1) is 0 Å². The van der Waals surface area contributed by atoms with Crippen LogP contribution in [0.1, 0.15) is 4.88 Å². The van der Waals surface area contributed by atoms with Gasteiger partial charge in [0.25, 0.3) is 5.19 Å². The Kier molecular flexibility index (Phi) is 3.33. The molecule has 4 nitrogen and oxygen atoms in total. The van der Waals surface area contributed by atoms with Crippen molar-refractivity contribution in [2.45, 2.75) is 6.61 Å². The van der Waals surface area contributed by atoms with Crippen molar-refractivity contribution in [1.29, 1.82) is 0 Å². The quantitative estimate of drug-likeness (QED) is 0.801. The zero-order valence-corrected chi connectivity index (χ0v) is 11.3. The Hall–Kier alpha value is -1.69. The normalized spacial score (nSPS) is 10.8. The fourth-order valence-corrected chi connectivity index (χ4v) is 2.65. The van der Waals surface area contributed by atoms with E-state index in [1.165, 1.54) is 11.3 Å². The van der Waals surface area contributed by atoms with Crippen molar-refractivity contribution in [2.75, 3.05) is 0 Å². The minimum atomic E-state index is -0.140. The number of fused-ring (bicyclic) bond motifs is 1. The summed E-state index contributed by atoms with van der Waals surface area (Å²) >= 11 is 7.08. The van der Waals surface area contributed by atoms with Crippen molar-refractivity contribution < 1.29 is 9.84 Å². The molecule has 96 valence electrons. The van der Waals surface area contributed by atoms with Crippen LogP contribution in [0.3, 0.4) is 0 Å². The summed E-state index contributed by atoms with van der Waals surface area (Å²) in [7, 11) is 0. The molecule has 3 rings (SSSR count). The lowest BCUT2D eigenvalue weighted by molar-refractivity contribution is 0.285. The molecule has 0 spiro atoms. The van der Waals surface area contributed by atoms with Gasteiger partial charge >= 0.3 is 0 Å².